The van der Waals surface area contributed by atoms with Crippen LogP contribution >= 0.6 is 22.7 Å². The molecule has 0 bridgehead atoms. The topological polar surface area (TPSA) is 56.7 Å². The van der Waals surface area contributed by atoms with E-state index in [4.69, 9.17) is 0 Å². The highest BCUT2D eigenvalue weighted by Crippen LogP contribution is 2.32. The molecule has 2 atom stereocenters. The summed E-state index contributed by atoms with van der Waals surface area (Å²) in [7, 11) is 0. The number of amides is 1. The molecule has 1 saturated heterocycles. The summed E-state index contributed by atoms with van der Waals surface area (Å²) in [5, 5.41) is 12.5. The van der Waals surface area contributed by atoms with Crippen LogP contribution in [0.2, 0.25) is 0 Å². The van der Waals surface area contributed by atoms with Gasteiger partial charge in [0.2, 0.25) is 0 Å². The van der Waals surface area contributed by atoms with Gasteiger partial charge in [0.15, 0.2) is 0 Å². The van der Waals surface area contributed by atoms with Gasteiger partial charge in [0.05, 0.1) is 16.7 Å². The van der Waals surface area contributed by atoms with Crippen molar-refractivity contribution in [2.75, 3.05) is 26.2 Å². The lowest BCUT2D eigenvalue weighted by atomic mass is 10.1. The smallest absolute Gasteiger partial charge is 0.266 e. The molecule has 2 aromatic rings. The Bertz CT molecular complexity index is 697. The fourth-order valence-corrected chi connectivity index (χ4v) is 4.92. The number of aliphatic hydroxyl groups excluding tert-OH is 1. The third-order valence-electron chi connectivity index (χ3n) is 4.22. The molecule has 1 aliphatic rings. The third-order valence-corrected chi connectivity index (χ3v) is 6.40. The second-order valence-electron chi connectivity index (χ2n) is 6.37. The van der Waals surface area contributed by atoms with Gasteiger partial charge in [-0.25, -0.2) is 4.98 Å². The van der Waals surface area contributed by atoms with Crippen LogP contribution < -0.4 is 0 Å². The summed E-state index contributed by atoms with van der Waals surface area (Å²) in [5.74, 6) is 0.0806. The predicted octanol–water partition coefficient (Wildman–Crippen LogP) is 2.71. The van der Waals surface area contributed by atoms with E-state index in [1.165, 1.54) is 11.3 Å². The number of hydrogen-bond acceptors (Lipinski definition) is 6. The lowest BCUT2D eigenvalue weighted by molar-refractivity contribution is 0.0386. The maximum absolute atomic E-state index is 13.0. The van der Waals surface area contributed by atoms with Crippen molar-refractivity contribution < 1.29 is 9.90 Å². The highest BCUT2D eigenvalue weighted by Gasteiger charge is 2.30. The van der Waals surface area contributed by atoms with Crippen LogP contribution in [0.25, 0.3) is 9.88 Å². The van der Waals surface area contributed by atoms with Crippen LogP contribution in [0.5, 0.6) is 0 Å². The first-order valence-corrected chi connectivity index (χ1v) is 9.88. The Labute approximate surface area is 150 Å². The summed E-state index contributed by atoms with van der Waals surface area (Å²) in [6.45, 7) is 8.74. The van der Waals surface area contributed by atoms with Gasteiger partial charge >= 0.3 is 0 Å². The molecule has 0 unspecified atom stereocenters. The van der Waals surface area contributed by atoms with Crippen LogP contribution in [0.3, 0.4) is 0 Å². The number of carbonyl (C=O) groups is 1. The molecule has 3 rings (SSSR count). The Kier molecular flexibility index (Phi) is 5.34. The zero-order valence-electron chi connectivity index (χ0n) is 14.2. The van der Waals surface area contributed by atoms with E-state index in [1.807, 2.05) is 29.3 Å². The van der Waals surface area contributed by atoms with E-state index < -0.39 is 0 Å². The number of hydrogen-bond donors (Lipinski definition) is 1. The molecule has 0 radical (unpaired) electrons. The van der Waals surface area contributed by atoms with Crippen molar-refractivity contribution in [1.82, 2.24) is 14.8 Å². The average molecular weight is 366 g/mol. The van der Waals surface area contributed by atoms with Gasteiger partial charge in [0.25, 0.3) is 5.91 Å². The van der Waals surface area contributed by atoms with Crippen LogP contribution in [-0.2, 0) is 0 Å². The van der Waals surface area contributed by atoms with Crippen LogP contribution in [0.15, 0.2) is 17.5 Å². The first-order chi connectivity index (χ1) is 11.5. The minimum Gasteiger partial charge on any atom is -0.392 e. The maximum Gasteiger partial charge on any atom is 0.266 e. The third kappa shape index (κ3) is 3.69. The number of rotatable bonds is 4. The Hall–Kier alpha value is -1.28. The summed E-state index contributed by atoms with van der Waals surface area (Å²) in [6.07, 6.45) is -0.337. The molecule has 1 amide bonds. The van der Waals surface area contributed by atoms with Gasteiger partial charge in [-0.05, 0) is 32.2 Å². The van der Waals surface area contributed by atoms with Crippen molar-refractivity contribution in [3.8, 4) is 9.88 Å². The number of thiophene rings is 1. The van der Waals surface area contributed by atoms with Crippen LogP contribution in [0.4, 0.5) is 0 Å². The molecular formula is C17H23N3O2S2. The van der Waals surface area contributed by atoms with E-state index >= 15 is 0 Å². The molecule has 0 saturated carbocycles. The number of piperazine rings is 1. The molecule has 130 valence electrons. The van der Waals surface area contributed by atoms with Crippen LogP contribution in [0.1, 0.15) is 29.2 Å². The van der Waals surface area contributed by atoms with Gasteiger partial charge in [0, 0.05) is 32.2 Å². The fourth-order valence-electron chi connectivity index (χ4n) is 3.11. The molecule has 24 heavy (non-hydrogen) atoms. The molecule has 1 aliphatic heterocycles. The molecule has 0 spiro atoms. The van der Waals surface area contributed by atoms with Crippen molar-refractivity contribution in [2.45, 2.75) is 32.9 Å². The maximum atomic E-state index is 13.0. The minimum atomic E-state index is -0.337. The van der Waals surface area contributed by atoms with E-state index in [0.717, 1.165) is 33.5 Å². The Balaban J connectivity index is 1.73. The van der Waals surface area contributed by atoms with E-state index in [-0.39, 0.29) is 18.1 Å². The van der Waals surface area contributed by atoms with E-state index in [0.29, 0.717) is 13.1 Å². The zero-order valence-corrected chi connectivity index (χ0v) is 15.9. The molecule has 0 aromatic carbocycles. The van der Waals surface area contributed by atoms with Gasteiger partial charge in [-0.1, -0.05) is 6.07 Å². The first kappa shape index (κ1) is 17.5. The summed E-state index contributed by atoms with van der Waals surface area (Å²) >= 11 is 3.13. The Morgan fingerprint density at radius 1 is 1.50 bits per heavy atom. The molecule has 5 nitrogen and oxygen atoms in total. The van der Waals surface area contributed by atoms with Crippen molar-refractivity contribution in [2.24, 2.45) is 0 Å². The molecule has 2 aromatic heterocycles. The van der Waals surface area contributed by atoms with E-state index in [1.54, 1.807) is 18.3 Å². The van der Waals surface area contributed by atoms with Gasteiger partial charge < -0.3 is 10.0 Å². The van der Waals surface area contributed by atoms with Gasteiger partial charge in [-0.3, -0.25) is 9.69 Å². The number of aryl methyl sites for hydroxylation is 1. The normalized spacial score (nSPS) is 20.3. The predicted molar refractivity (Wildman–Crippen MR) is 98.8 cm³/mol. The van der Waals surface area contributed by atoms with Gasteiger partial charge in [-0.15, -0.1) is 22.7 Å². The lowest BCUT2D eigenvalue weighted by Crippen LogP contribution is -2.55. The van der Waals surface area contributed by atoms with E-state index in [9.17, 15) is 9.90 Å². The second kappa shape index (κ2) is 7.31. The minimum absolute atomic E-state index is 0.0806. The first-order valence-electron chi connectivity index (χ1n) is 8.18. The summed E-state index contributed by atoms with van der Waals surface area (Å²) in [5.41, 5.74) is 0.812. The lowest BCUT2D eigenvalue weighted by Gasteiger charge is -2.40. The van der Waals surface area contributed by atoms with E-state index in [2.05, 4.69) is 16.8 Å². The number of thiazole rings is 1. The van der Waals surface area contributed by atoms with Gasteiger partial charge in [-0.2, -0.15) is 0 Å². The monoisotopic (exact) mass is 365 g/mol. The van der Waals surface area contributed by atoms with Gasteiger partial charge in [0.1, 0.15) is 9.88 Å². The standard InChI is InChI=1S/C17H23N3O2S2/c1-11-9-19(10-12(2)21)6-7-20(11)17(22)15-13(3)18-16(24-15)14-5-4-8-23-14/h4-5,8,11-12,21H,6-7,9-10H2,1-3H3/t11-,12-/m0/s1. The molecule has 0 aliphatic carbocycles. The molecule has 3 heterocycles. The summed E-state index contributed by atoms with van der Waals surface area (Å²) in [6, 6.07) is 4.17. The molecular weight excluding hydrogens is 342 g/mol. The average Bonchev–Trinajstić information content (AvgIpc) is 3.15. The molecule has 1 N–H and O–H groups in total. The number of aromatic nitrogens is 1. The van der Waals surface area contributed by atoms with Crippen LogP contribution in [0, 0.1) is 6.92 Å². The Morgan fingerprint density at radius 2 is 2.29 bits per heavy atom. The highest BCUT2D eigenvalue weighted by molar-refractivity contribution is 7.22. The quantitative estimate of drug-likeness (QED) is 0.905. The van der Waals surface area contributed by atoms with Crippen LogP contribution in [-0.4, -0.2) is 64.1 Å². The highest BCUT2D eigenvalue weighted by atomic mass is 32.1. The molecule has 1 fully saturated rings. The van der Waals surface area contributed by atoms with Crippen molar-refractivity contribution >= 4 is 28.6 Å². The Morgan fingerprint density at radius 3 is 2.92 bits per heavy atom. The second-order valence-corrected chi connectivity index (χ2v) is 8.31. The summed E-state index contributed by atoms with van der Waals surface area (Å²) < 4.78 is 0. The number of aliphatic hydroxyl groups is 1. The van der Waals surface area contributed by atoms with Crippen molar-refractivity contribution in [3.63, 3.8) is 0 Å². The zero-order chi connectivity index (χ0) is 17.3. The largest absolute Gasteiger partial charge is 0.392 e. The number of β-amino-alcohol motifs (C(OH)–C–C–N with tert-alkyl or cyclic N) is 1. The van der Waals surface area contributed by atoms with Crippen molar-refractivity contribution in [1.29, 1.82) is 0 Å². The number of nitrogens with zero attached hydrogens (tertiary/aromatic N) is 3. The fraction of sp³-hybridized carbons (Fsp3) is 0.529. The SMILES string of the molecule is Cc1nc(-c2cccs2)sc1C(=O)N1CCN(C[C@H](C)O)C[C@@H]1C. The summed E-state index contributed by atoms with van der Waals surface area (Å²) in [4.78, 5) is 23.6. The molecule has 7 heteroatoms. The number of carbonyl (C=O) groups excluding carboxylic acids is 1. The van der Waals surface area contributed by atoms with Crippen molar-refractivity contribution in [3.05, 3.63) is 28.1 Å².